The van der Waals surface area contributed by atoms with Crippen LogP contribution in [-0.2, 0) is 10.0 Å². The predicted molar refractivity (Wildman–Crippen MR) is 104 cm³/mol. The number of anilines is 1. The SMILES string of the molecule is CCN(CC)S(=O)(=O)c1ccc(C(=O)Nc2ccc(C(=O)NC)cc2)cc1. The monoisotopic (exact) mass is 389 g/mol. The lowest BCUT2D eigenvalue weighted by Gasteiger charge is -2.18. The summed E-state index contributed by atoms with van der Waals surface area (Å²) in [6.07, 6.45) is 0. The molecule has 0 unspecified atom stereocenters. The topological polar surface area (TPSA) is 95.6 Å². The minimum Gasteiger partial charge on any atom is -0.355 e. The first kappa shape index (κ1) is 20.6. The molecule has 0 spiro atoms. The Labute approximate surface area is 159 Å². The summed E-state index contributed by atoms with van der Waals surface area (Å²) >= 11 is 0. The molecule has 27 heavy (non-hydrogen) atoms. The Bertz CT molecular complexity index is 903. The second-order valence-electron chi connectivity index (χ2n) is 5.72. The Morgan fingerprint density at radius 2 is 1.33 bits per heavy atom. The van der Waals surface area contributed by atoms with Gasteiger partial charge in [0.05, 0.1) is 4.90 Å². The number of hydrogen-bond acceptors (Lipinski definition) is 4. The maximum absolute atomic E-state index is 12.5. The highest BCUT2D eigenvalue weighted by molar-refractivity contribution is 7.89. The van der Waals surface area contributed by atoms with Crippen molar-refractivity contribution in [2.45, 2.75) is 18.7 Å². The first-order valence-corrected chi connectivity index (χ1v) is 10.0. The molecule has 2 N–H and O–H groups in total. The molecule has 7 nitrogen and oxygen atoms in total. The zero-order valence-corrected chi connectivity index (χ0v) is 16.3. The van der Waals surface area contributed by atoms with Gasteiger partial charge in [-0.1, -0.05) is 13.8 Å². The van der Waals surface area contributed by atoms with Gasteiger partial charge in [0.15, 0.2) is 0 Å². The predicted octanol–water partition coefficient (Wildman–Crippen LogP) is 2.33. The van der Waals surface area contributed by atoms with E-state index >= 15 is 0 Å². The fourth-order valence-electron chi connectivity index (χ4n) is 2.54. The summed E-state index contributed by atoms with van der Waals surface area (Å²) in [5, 5.41) is 5.24. The number of nitrogens with zero attached hydrogens (tertiary/aromatic N) is 1. The number of hydrogen-bond donors (Lipinski definition) is 2. The Kier molecular flexibility index (Phi) is 6.70. The Morgan fingerprint density at radius 3 is 1.81 bits per heavy atom. The lowest BCUT2D eigenvalue weighted by Crippen LogP contribution is -2.30. The average molecular weight is 389 g/mol. The van der Waals surface area contributed by atoms with Crippen LogP contribution in [-0.4, -0.2) is 44.7 Å². The molecule has 0 saturated heterocycles. The van der Waals surface area contributed by atoms with Crippen LogP contribution in [0.4, 0.5) is 5.69 Å². The van der Waals surface area contributed by atoms with Crippen LogP contribution in [0.2, 0.25) is 0 Å². The van der Waals surface area contributed by atoms with Gasteiger partial charge in [-0.2, -0.15) is 4.31 Å². The van der Waals surface area contributed by atoms with E-state index in [-0.39, 0.29) is 16.7 Å². The molecule has 0 aliphatic rings. The largest absolute Gasteiger partial charge is 0.355 e. The van der Waals surface area contributed by atoms with Gasteiger partial charge in [0, 0.05) is 37.0 Å². The van der Waals surface area contributed by atoms with Crippen molar-refractivity contribution < 1.29 is 18.0 Å². The third-order valence-electron chi connectivity index (χ3n) is 4.09. The minimum atomic E-state index is -3.55. The van der Waals surface area contributed by atoms with Gasteiger partial charge in [0.2, 0.25) is 10.0 Å². The molecule has 0 aromatic heterocycles. The molecular weight excluding hydrogens is 366 g/mol. The van der Waals surface area contributed by atoms with Crippen LogP contribution in [0.1, 0.15) is 34.6 Å². The molecule has 2 amide bonds. The summed E-state index contributed by atoms with van der Waals surface area (Å²) < 4.78 is 26.3. The summed E-state index contributed by atoms with van der Waals surface area (Å²) in [7, 11) is -2.01. The van der Waals surface area contributed by atoms with Crippen LogP contribution in [0.3, 0.4) is 0 Å². The highest BCUT2D eigenvalue weighted by atomic mass is 32.2. The maximum Gasteiger partial charge on any atom is 0.255 e. The van der Waals surface area contributed by atoms with E-state index in [1.807, 2.05) is 0 Å². The molecule has 0 heterocycles. The number of benzene rings is 2. The van der Waals surface area contributed by atoms with Gasteiger partial charge in [-0.3, -0.25) is 9.59 Å². The summed E-state index contributed by atoms with van der Waals surface area (Å²) in [5.41, 5.74) is 1.36. The molecular formula is C19H23N3O4S. The van der Waals surface area contributed by atoms with Crippen molar-refractivity contribution in [3.05, 3.63) is 59.7 Å². The standard InChI is InChI=1S/C19H23N3O4S/c1-4-22(5-2)27(25,26)17-12-8-15(9-13-17)19(24)21-16-10-6-14(7-11-16)18(23)20-3/h6-13H,4-5H2,1-3H3,(H,20,23)(H,21,24). The minimum absolute atomic E-state index is 0.151. The maximum atomic E-state index is 12.5. The van der Waals surface area contributed by atoms with E-state index in [0.717, 1.165) is 0 Å². The van der Waals surface area contributed by atoms with Crippen molar-refractivity contribution in [1.29, 1.82) is 0 Å². The van der Waals surface area contributed by atoms with Gasteiger partial charge in [-0.25, -0.2) is 8.42 Å². The van der Waals surface area contributed by atoms with Crippen molar-refractivity contribution >= 4 is 27.5 Å². The van der Waals surface area contributed by atoms with Crippen LogP contribution in [0.5, 0.6) is 0 Å². The van der Waals surface area contributed by atoms with Gasteiger partial charge in [-0.15, -0.1) is 0 Å². The van der Waals surface area contributed by atoms with Crippen molar-refractivity contribution in [3.8, 4) is 0 Å². The normalized spacial score (nSPS) is 11.3. The van der Waals surface area contributed by atoms with Crippen molar-refractivity contribution in [2.75, 3.05) is 25.5 Å². The number of sulfonamides is 1. The molecule has 0 saturated carbocycles. The van der Waals surface area contributed by atoms with Crippen LogP contribution in [0.25, 0.3) is 0 Å². The molecule has 2 aromatic rings. The first-order valence-electron chi connectivity index (χ1n) is 8.57. The smallest absolute Gasteiger partial charge is 0.255 e. The zero-order chi connectivity index (χ0) is 20.0. The molecule has 0 fully saturated rings. The van der Waals surface area contributed by atoms with Gasteiger partial charge in [0.1, 0.15) is 0 Å². The number of amides is 2. The summed E-state index contributed by atoms with van der Waals surface area (Å²) in [5.74, 6) is -0.577. The highest BCUT2D eigenvalue weighted by Gasteiger charge is 2.21. The number of carbonyl (C=O) groups is 2. The molecule has 8 heteroatoms. The Morgan fingerprint density at radius 1 is 0.852 bits per heavy atom. The molecule has 0 radical (unpaired) electrons. The van der Waals surface area contributed by atoms with Gasteiger partial charge < -0.3 is 10.6 Å². The second-order valence-corrected chi connectivity index (χ2v) is 7.66. The van der Waals surface area contributed by atoms with E-state index in [1.54, 1.807) is 45.2 Å². The third-order valence-corrected chi connectivity index (χ3v) is 6.16. The quantitative estimate of drug-likeness (QED) is 0.760. The molecule has 0 aliphatic heterocycles. The fourth-order valence-corrected chi connectivity index (χ4v) is 4.00. The first-order chi connectivity index (χ1) is 12.8. The van der Waals surface area contributed by atoms with Gasteiger partial charge in [0.25, 0.3) is 11.8 Å². The van der Waals surface area contributed by atoms with E-state index in [2.05, 4.69) is 10.6 Å². The molecule has 2 rings (SSSR count). The number of nitrogens with one attached hydrogen (secondary N) is 2. The Hall–Kier alpha value is -2.71. The van der Waals surface area contributed by atoms with Crippen LogP contribution >= 0.6 is 0 Å². The van der Waals surface area contributed by atoms with Crippen molar-refractivity contribution in [3.63, 3.8) is 0 Å². The van der Waals surface area contributed by atoms with E-state index in [4.69, 9.17) is 0 Å². The van der Waals surface area contributed by atoms with E-state index in [9.17, 15) is 18.0 Å². The van der Waals surface area contributed by atoms with Gasteiger partial charge >= 0.3 is 0 Å². The van der Waals surface area contributed by atoms with Crippen LogP contribution in [0.15, 0.2) is 53.4 Å². The lowest BCUT2D eigenvalue weighted by molar-refractivity contribution is 0.0962. The van der Waals surface area contributed by atoms with E-state index in [1.165, 1.54) is 28.6 Å². The van der Waals surface area contributed by atoms with Crippen molar-refractivity contribution in [2.24, 2.45) is 0 Å². The van der Waals surface area contributed by atoms with E-state index in [0.29, 0.717) is 29.9 Å². The van der Waals surface area contributed by atoms with Crippen LogP contribution in [0, 0.1) is 0 Å². The third kappa shape index (κ3) is 4.72. The van der Waals surface area contributed by atoms with E-state index < -0.39 is 10.0 Å². The number of carbonyl (C=O) groups excluding carboxylic acids is 2. The van der Waals surface area contributed by atoms with Crippen molar-refractivity contribution in [1.82, 2.24) is 9.62 Å². The summed E-state index contributed by atoms with van der Waals surface area (Å²) in [4.78, 5) is 24.0. The van der Waals surface area contributed by atoms with Crippen LogP contribution < -0.4 is 10.6 Å². The average Bonchev–Trinajstić information content (AvgIpc) is 2.68. The molecule has 2 aromatic carbocycles. The Balaban J connectivity index is 2.13. The summed E-state index contributed by atoms with van der Waals surface area (Å²) in [6.45, 7) is 4.32. The fraction of sp³-hybridized carbons (Fsp3) is 0.263. The molecule has 0 aliphatic carbocycles. The van der Waals surface area contributed by atoms with Gasteiger partial charge in [-0.05, 0) is 48.5 Å². The molecule has 0 bridgehead atoms. The molecule has 0 atom stereocenters. The highest BCUT2D eigenvalue weighted by Crippen LogP contribution is 2.17. The zero-order valence-electron chi connectivity index (χ0n) is 15.5. The lowest BCUT2D eigenvalue weighted by atomic mass is 10.1. The second kappa shape index (κ2) is 8.79. The molecule has 144 valence electrons. The summed E-state index contributed by atoms with van der Waals surface area (Å²) in [6, 6.07) is 12.3. The number of rotatable bonds is 7.